The number of hydrogen-bond donors (Lipinski definition) is 1. The molecule has 0 aliphatic heterocycles. The third-order valence-electron chi connectivity index (χ3n) is 3.87. The highest BCUT2D eigenvalue weighted by Gasteiger charge is 2.33. The Balaban J connectivity index is 0.000000297. The molecule has 0 bridgehead atoms. The zero-order valence-corrected chi connectivity index (χ0v) is 15.6. The minimum atomic E-state index is -4.93. The highest BCUT2D eigenvalue weighted by molar-refractivity contribution is 6.01. The van der Waals surface area contributed by atoms with Crippen molar-refractivity contribution in [3.63, 3.8) is 0 Å². The van der Waals surface area contributed by atoms with Crippen molar-refractivity contribution in [3.05, 3.63) is 65.6 Å². The zero-order valence-electron chi connectivity index (χ0n) is 15.6. The molecule has 0 atom stereocenters. The fraction of sp³-hybridized carbons (Fsp3) is 0.200. The van der Waals surface area contributed by atoms with E-state index >= 15 is 0 Å². The molecule has 0 amide bonds. The number of benzene rings is 2. The minimum Gasteiger partial charge on any atom is -0.478 e. The van der Waals surface area contributed by atoms with Crippen molar-refractivity contribution in [2.24, 2.45) is 0 Å². The number of nitrogens with zero attached hydrogens (tertiary/aromatic N) is 1. The Hall–Kier alpha value is -3.40. The van der Waals surface area contributed by atoms with Crippen LogP contribution in [0, 0.1) is 5.82 Å². The van der Waals surface area contributed by atoms with E-state index in [0.29, 0.717) is 11.8 Å². The molecule has 6 nitrogen and oxygen atoms in total. The van der Waals surface area contributed by atoms with Gasteiger partial charge in [0.05, 0.1) is 23.1 Å². The topological polar surface area (TPSA) is 77.8 Å². The number of aromatic nitrogens is 1. The lowest BCUT2D eigenvalue weighted by molar-refractivity contribution is -0.274. The first kappa shape index (κ1) is 22.9. The number of methoxy groups -OCH3 is 1. The maximum Gasteiger partial charge on any atom is 0.573 e. The van der Waals surface area contributed by atoms with Crippen LogP contribution in [0.5, 0.6) is 5.75 Å². The molecule has 1 N–H and O–H groups in total. The highest BCUT2D eigenvalue weighted by atomic mass is 19.4. The van der Waals surface area contributed by atoms with Crippen LogP contribution in [-0.4, -0.2) is 42.0 Å². The Bertz CT molecular complexity index is 1020. The summed E-state index contributed by atoms with van der Waals surface area (Å²) in [6.07, 6.45) is -3.31. The minimum absolute atomic E-state index is 0.0835. The number of carboxylic acid groups (broad SMARTS) is 1. The number of alkyl halides is 3. The molecule has 10 heteroatoms. The van der Waals surface area contributed by atoms with Crippen LogP contribution < -0.4 is 4.74 Å². The molecular formula is C20H17F4NO5. The summed E-state index contributed by atoms with van der Waals surface area (Å²) in [5.41, 5.74) is 0.119. The van der Waals surface area contributed by atoms with E-state index in [2.05, 4.69) is 4.74 Å². The Labute approximate surface area is 168 Å². The molecule has 3 aromatic rings. The number of hydrogen-bond acceptors (Lipinski definition) is 4. The number of rotatable bonds is 6. The Morgan fingerprint density at radius 1 is 1.17 bits per heavy atom. The smallest absolute Gasteiger partial charge is 0.478 e. The summed E-state index contributed by atoms with van der Waals surface area (Å²) < 4.78 is 61.1. The van der Waals surface area contributed by atoms with Gasteiger partial charge in [0, 0.05) is 25.4 Å². The molecule has 0 radical (unpaired) electrons. The second-order valence-electron chi connectivity index (χ2n) is 5.88. The first-order valence-corrected chi connectivity index (χ1v) is 8.47. The van der Waals surface area contributed by atoms with E-state index in [1.807, 2.05) is 0 Å². The van der Waals surface area contributed by atoms with Gasteiger partial charge in [-0.25, -0.2) is 9.18 Å². The first-order valence-electron chi connectivity index (χ1n) is 8.47. The van der Waals surface area contributed by atoms with Crippen LogP contribution in [0.2, 0.25) is 0 Å². The van der Waals surface area contributed by atoms with Gasteiger partial charge >= 0.3 is 12.3 Å². The Morgan fingerprint density at radius 2 is 1.83 bits per heavy atom. The molecule has 0 fully saturated rings. The number of carbonyl (C=O) groups is 2. The van der Waals surface area contributed by atoms with Gasteiger partial charge in [0.25, 0.3) is 0 Å². The second kappa shape index (κ2) is 9.88. The quantitative estimate of drug-likeness (QED) is 0.462. The third-order valence-corrected chi connectivity index (χ3v) is 3.87. The van der Waals surface area contributed by atoms with Crippen LogP contribution in [0.15, 0.2) is 48.7 Å². The maximum absolute atomic E-state index is 13.9. The lowest BCUT2D eigenvalue weighted by Crippen LogP contribution is -2.17. The highest BCUT2D eigenvalue weighted by Crippen LogP contribution is 2.35. The normalized spacial score (nSPS) is 11.0. The number of carboxylic acids is 1. The van der Waals surface area contributed by atoms with Crippen LogP contribution in [0.25, 0.3) is 10.9 Å². The van der Waals surface area contributed by atoms with E-state index in [1.165, 1.54) is 17.9 Å². The second-order valence-corrected chi connectivity index (χ2v) is 5.88. The predicted molar refractivity (Wildman–Crippen MR) is 99.2 cm³/mol. The number of fused-ring (bicyclic) bond motifs is 1. The van der Waals surface area contributed by atoms with Crippen molar-refractivity contribution in [2.45, 2.75) is 12.9 Å². The van der Waals surface area contributed by atoms with Crippen LogP contribution in [0.3, 0.4) is 0 Å². The first-order chi connectivity index (χ1) is 14.2. The largest absolute Gasteiger partial charge is 0.573 e. The molecule has 0 unspecified atom stereocenters. The van der Waals surface area contributed by atoms with Gasteiger partial charge in [-0.2, -0.15) is 0 Å². The van der Waals surface area contributed by atoms with Gasteiger partial charge in [-0.3, -0.25) is 4.79 Å². The average Bonchev–Trinajstić information content (AvgIpc) is 3.08. The summed E-state index contributed by atoms with van der Waals surface area (Å²) in [5.74, 6) is -2.24. The van der Waals surface area contributed by atoms with Crippen LogP contribution in [0.4, 0.5) is 17.6 Å². The van der Waals surface area contributed by atoms with Crippen LogP contribution in [0.1, 0.15) is 20.7 Å². The number of carbonyl (C=O) groups excluding carboxylic acids is 1. The van der Waals surface area contributed by atoms with Crippen LogP contribution in [-0.2, 0) is 11.3 Å². The number of halogens is 4. The van der Waals surface area contributed by atoms with E-state index in [1.54, 1.807) is 30.3 Å². The van der Waals surface area contributed by atoms with Gasteiger partial charge in [0.1, 0.15) is 11.6 Å². The molecule has 1 aromatic heterocycles. The molecule has 1 heterocycles. The van der Waals surface area contributed by atoms with Crippen molar-refractivity contribution in [1.82, 2.24) is 4.57 Å². The molecule has 0 saturated carbocycles. The lowest BCUT2D eigenvalue weighted by Gasteiger charge is -2.11. The lowest BCUT2D eigenvalue weighted by atomic mass is 10.1. The van der Waals surface area contributed by atoms with Gasteiger partial charge in [0.15, 0.2) is 6.29 Å². The van der Waals surface area contributed by atoms with E-state index in [0.717, 1.165) is 12.1 Å². The van der Waals surface area contributed by atoms with Gasteiger partial charge in [-0.15, -0.1) is 13.2 Å². The van der Waals surface area contributed by atoms with Crippen molar-refractivity contribution in [2.75, 3.05) is 13.7 Å². The van der Waals surface area contributed by atoms with Crippen molar-refractivity contribution in [1.29, 1.82) is 0 Å². The number of aldehydes is 1. The van der Waals surface area contributed by atoms with Crippen molar-refractivity contribution >= 4 is 23.2 Å². The van der Waals surface area contributed by atoms with Gasteiger partial charge < -0.3 is 19.1 Å². The van der Waals surface area contributed by atoms with Crippen molar-refractivity contribution in [3.8, 4) is 5.75 Å². The average molecular weight is 427 g/mol. The maximum atomic E-state index is 13.9. The molecule has 160 valence electrons. The fourth-order valence-corrected chi connectivity index (χ4v) is 2.65. The summed E-state index contributed by atoms with van der Waals surface area (Å²) in [6.45, 7) is 0.402. The standard InChI is InChI=1S/C13H11F4NO3.C7H6O2/c1-20-5-4-18-6-8(7-19)11-10(21-13(15,16)17)3-2-9(14)12(11)18;8-7(9)6-4-2-1-3-5-6/h2-3,6-7H,4-5H2,1H3;1-5H,(H,8,9). The summed E-state index contributed by atoms with van der Waals surface area (Å²) >= 11 is 0. The van der Waals surface area contributed by atoms with Crippen LogP contribution >= 0.6 is 0 Å². The third kappa shape index (κ3) is 5.80. The SMILES string of the molecule is COCCn1cc(C=O)c2c(OC(F)(F)F)ccc(F)c21.O=C(O)c1ccccc1. The number of ether oxygens (including phenoxy) is 2. The molecule has 30 heavy (non-hydrogen) atoms. The monoisotopic (exact) mass is 427 g/mol. The Morgan fingerprint density at radius 3 is 2.33 bits per heavy atom. The predicted octanol–water partition coefficient (Wildman–Crippen LogP) is 4.52. The summed E-state index contributed by atoms with van der Waals surface area (Å²) in [6, 6.07) is 10.0. The van der Waals surface area contributed by atoms with Crippen molar-refractivity contribution < 1.29 is 41.7 Å². The summed E-state index contributed by atoms with van der Waals surface area (Å²) in [4.78, 5) is 21.2. The van der Waals surface area contributed by atoms with Gasteiger partial charge in [0.2, 0.25) is 0 Å². The molecule has 0 aliphatic rings. The zero-order chi connectivity index (χ0) is 22.3. The van der Waals surface area contributed by atoms with E-state index in [4.69, 9.17) is 9.84 Å². The molecule has 3 rings (SSSR count). The molecule has 0 saturated heterocycles. The van der Waals surface area contributed by atoms with E-state index < -0.39 is 23.9 Å². The molecule has 0 spiro atoms. The van der Waals surface area contributed by atoms with Gasteiger partial charge in [-0.1, -0.05) is 18.2 Å². The summed E-state index contributed by atoms with van der Waals surface area (Å²) in [5, 5.41) is 8.18. The molecule has 0 aliphatic carbocycles. The Kier molecular flexibility index (Phi) is 7.54. The summed E-state index contributed by atoms with van der Waals surface area (Å²) in [7, 11) is 1.43. The number of aromatic carboxylic acids is 1. The van der Waals surface area contributed by atoms with E-state index in [9.17, 15) is 27.2 Å². The molecule has 2 aromatic carbocycles. The molecular weight excluding hydrogens is 410 g/mol. The fourth-order valence-electron chi connectivity index (χ4n) is 2.65. The van der Waals surface area contributed by atoms with Gasteiger partial charge in [-0.05, 0) is 24.3 Å². The van der Waals surface area contributed by atoms with E-state index in [-0.39, 0.29) is 29.6 Å².